The Morgan fingerprint density at radius 2 is 2.14 bits per heavy atom. The fraction of sp³-hybridized carbons (Fsp3) is 0.250. The largest absolute Gasteiger partial charge is 0.458 e. The molecule has 1 aliphatic rings. The zero-order chi connectivity index (χ0) is 20.1. The molecule has 148 valence electrons. The van der Waals surface area contributed by atoms with Crippen molar-refractivity contribution in [3.63, 3.8) is 0 Å². The van der Waals surface area contributed by atoms with Crippen molar-refractivity contribution in [2.75, 3.05) is 6.54 Å². The molecular formula is C20H17F2N5O2. The molecule has 0 radical (unpaired) electrons. The first kappa shape index (κ1) is 17.6. The smallest absolute Gasteiger partial charge is 0.282 e. The lowest BCUT2D eigenvalue weighted by Gasteiger charge is -2.33. The lowest BCUT2D eigenvalue weighted by molar-refractivity contribution is 0.0661. The molecule has 4 aromatic rings. The number of furan rings is 1. The highest BCUT2D eigenvalue weighted by Gasteiger charge is 2.38. The van der Waals surface area contributed by atoms with E-state index < -0.39 is 24.1 Å². The monoisotopic (exact) mass is 397 g/mol. The van der Waals surface area contributed by atoms with Crippen molar-refractivity contribution >= 4 is 16.9 Å². The molecule has 0 spiro atoms. The molecule has 1 N–H and O–H groups in total. The van der Waals surface area contributed by atoms with Crippen LogP contribution in [0, 0.1) is 0 Å². The first-order chi connectivity index (χ1) is 14.0. The lowest BCUT2D eigenvalue weighted by Crippen LogP contribution is -2.41. The van der Waals surface area contributed by atoms with E-state index in [-0.39, 0.29) is 5.69 Å². The number of nitrogens with one attached hydrogen (secondary N) is 1. The number of fused-ring (bicyclic) bond motifs is 2. The number of aromatic amines is 1. The van der Waals surface area contributed by atoms with Crippen molar-refractivity contribution in [1.29, 1.82) is 0 Å². The van der Waals surface area contributed by atoms with Crippen molar-refractivity contribution < 1.29 is 18.0 Å². The van der Waals surface area contributed by atoms with Crippen LogP contribution in [0.25, 0.3) is 11.0 Å². The fourth-order valence-electron chi connectivity index (χ4n) is 3.86. The summed E-state index contributed by atoms with van der Waals surface area (Å²) < 4.78 is 33.3. The quantitative estimate of drug-likeness (QED) is 0.573. The van der Waals surface area contributed by atoms with Crippen LogP contribution in [0.15, 0.2) is 47.1 Å². The maximum atomic E-state index is 13.3. The van der Waals surface area contributed by atoms with Crippen molar-refractivity contribution in [2.45, 2.75) is 18.9 Å². The molecule has 29 heavy (non-hydrogen) atoms. The van der Waals surface area contributed by atoms with Gasteiger partial charge in [-0.25, -0.2) is 13.8 Å². The van der Waals surface area contributed by atoms with Crippen LogP contribution in [0.1, 0.15) is 45.8 Å². The van der Waals surface area contributed by atoms with Crippen molar-refractivity contribution in [1.82, 2.24) is 24.6 Å². The first-order valence-electron chi connectivity index (χ1n) is 9.16. The molecule has 1 aliphatic heterocycles. The molecule has 4 heterocycles. The van der Waals surface area contributed by atoms with Gasteiger partial charge in [0.05, 0.1) is 12.0 Å². The molecule has 1 aromatic carbocycles. The normalized spacial score (nSPS) is 16.6. The van der Waals surface area contributed by atoms with Gasteiger partial charge in [-0.2, -0.15) is 5.10 Å². The molecule has 0 saturated heterocycles. The van der Waals surface area contributed by atoms with Gasteiger partial charge in [0.1, 0.15) is 28.8 Å². The van der Waals surface area contributed by atoms with Gasteiger partial charge in [0, 0.05) is 31.1 Å². The number of H-pyrrole nitrogens is 1. The standard InChI is InChI=1S/C20H17F2N5O2/c1-26-14(9-13(25-26)19(21)22)20(28)27-7-6-12-17(24-10-23-12)18(27)16-8-11-4-2-3-5-15(11)29-16/h2-5,8-10,18-19H,6-7H2,1H3,(H,23,24)/t18-/m1/s1. The van der Waals surface area contributed by atoms with Crippen molar-refractivity contribution in [3.05, 3.63) is 71.3 Å². The maximum absolute atomic E-state index is 13.3. The third-order valence-electron chi connectivity index (χ3n) is 5.24. The second kappa shape index (κ2) is 6.54. The molecule has 0 bridgehead atoms. The highest BCUT2D eigenvalue weighted by Crippen LogP contribution is 2.37. The number of imidazole rings is 1. The van der Waals surface area contributed by atoms with Gasteiger partial charge in [-0.3, -0.25) is 9.48 Å². The minimum absolute atomic E-state index is 0.0976. The summed E-state index contributed by atoms with van der Waals surface area (Å²) in [5.41, 5.74) is 2.00. The van der Waals surface area contributed by atoms with Crippen LogP contribution in [0.2, 0.25) is 0 Å². The minimum atomic E-state index is -2.74. The predicted molar refractivity (Wildman–Crippen MR) is 99.6 cm³/mol. The summed E-state index contributed by atoms with van der Waals surface area (Å²) in [6.45, 7) is 0.394. The summed E-state index contributed by atoms with van der Waals surface area (Å²) in [5.74, 6) is 0.176. The molecule has 1 atom stereocenters. The van der Waals surface area contributed by atoms with Gasteiger partial charge in [0.15, 0.2) is 0 Å². The zero-order valence-corrected chi connectivity index (χ0v) is 15.5. The van der Waals surface area contributed by atoms with Gasteiger partial charge in [-0.15, -0.1) is 0 Å². The van der Waals surface area contributed by atoms with E-state index >= 15 is 0 Å². The number of hydrogen-bond acceptors (Lipinski definition) is 4. The number of aryl methyl sites for hydroxylation is 1. The van der Waals surface area contributed by atoms with E-state index in [1.807, 2.05) is 30.3 Å². The van der Waals surface area contributed by atoms with Gasteiger partial charge in [0.25, 0.3) is 12.3 Å². The lowest BCUT2D eigenvalue weighted by atomic mass is 9.99. The number of aromatic nitrogens is 4. The SMILES string of the molecule is Cn1nc(C(F)F)cc1C(=O)N1CCc2[nH]cnc2[C@H]1c1cc2ccccc2o1. The second-order valence-electron chi connectivity index (χ2n) is 6.98. The Morgan fingerprint density at radius 1 is 1.31 bits per heavy atom. The number of nitrogens with zero attached hydrogens (tertiary/aromatic N) is 4. The Balaban J connectivity index is 1.60. The molecule has 1 amide bonds. The number of halogens is 2. The van der Waals surface area contributed by atoms with E-state index in [4.69, 9.17) is 4.42 Å². The van der Waals surface area contributed by atoms with Crippen molar-refractivity contribution in [3.8, 4) is 0 Å². The minimum Gasteiger partial charge on any atom is -0.458 e. The van der Waals surface area contributed by atoms with E-state index in [1.54, 1.807) is 11.2 Å². The van der Waals surface area contributed by atoms with Crippen LogP contribution in [0.5, 0.6) is 0 Å². The third kappa shape index (κ3) is 2.81. The van der Waals surface area contributed by atoms with Gasteiger partial charge < -0.3 is 14.3 Å². The van der Waals surface area contributed by atoms with Crippen LogP contribution >= 0.6 is 0 Å². The second-order valence-corrected chi connectivity index (χ2v) is 6.98. The highest BCUT2D eigenvalue weighted by atomic mass is 19.3. The number of hydrogen-bond donors (Lipinski definition) is 1. The maximum Gasteiger partial charge on any atom is 0.282 e. The molecule has 9 heteroatoms. The topological polar surface area (TPSA) is 80.0 Å². The van der Waals surface area contributed by atoms with Crippen LogP contribution in [-0.4, -0.2) is 37.1 Å². The number of alkyl halides is 2. The zero-order valence-electron chi connectivity index (χ0n) is 15.5. The summed E-state index contributed by atoms with van der Waals surface area (Å²) >= 11 is 0. The number of para-hydroxylation sites is 1. The average Bonchev–Trinajstić information content (AvgIpc) is 3.43. The van der Waals surface area contributed by atoms with Crippen LogP contribution in [0.3, 0.4) is 0 Å². The Kier molecular flexibility index (Phi) is 3.97. The number of carbonyl (C=O) groups excluding carboxylic acids is 1. The molecule has 0 aliphatic carbocycles. The molecule has 0 saturated carbocycles. The van der Waals surface area contributed by atoms with Crippen LogP contribution in [0.4, 0.5) is 8.78 Å². The Hall–Kier alpha value is -3.49. The summed E-state index contributed by atoms with van der Waals surface area (Å²) in [7, 11) is 1.49. The Bertz CT molecular complexity index is 1180. The molecule has 0 unspecified atom stereocenters. The molecular weight excluding hydrogens is 380 g/mol. The Labute approximate surface area is 163 Å². The summed E-state index contributed by atoms with van der Waals surface area (Å²) in [5, 5.41) is 4.68. The highest BCUT2D eigenvalue weighted by molar-refractivity contribution is 5.93. The van der Waals surface area contributed by atoms with E-state index in [9.17, 15) is 13.6 Å². The molecule has 0 fully saturated rings. The van der Waals surface area contributed by atoms with E-state index in [2.05, 4.69) is 15.1 Å². The predicted octanol–water partition coefficient (Wildman–Crippen LogP) is 3.61. The van der Waals surface area contributed by atoms with Gasteiger partial charge >= 0.3 is 0 Å². The van der Waals surface area contributed by atoms with Crippen LogP contribution in [-0.2, 0) is 13.5 Å². The van der Waals surface area contributed by atoms with E-state index in [1.165, 1.54) is 11.7 Å². The average molecular weight is 397 g/mol. The number of benzene rings is 1. The Morgan fingerprint density at radius 3 is 2.90 bits per heavy atom. The van der Waals surface area contributed by atoms with Gasteiger partial charge in [-0.05, 0) is 18.2 Å². The fourth-order valence-corrected chi connectivity index (χ4v) is 3.86. The summed E-state index contributed by atoms with van der Waals surface area (Å²) in [4.78, 5) is 22.5. The number of rotatable bonds is 3. The summed E-state index contributed by atoms with van der Waals surface area (Å²) in [6.07, 6.45) is -0.571. The first-order valence-corrected chi connectivity index (χ1v) is 9.16. The molecule has 3 aromatic heterocycles. The van der Waals surface area contributed by atoms with Gasteiger partial charge in [0.2, 0.25) is 0 Å². The van der Waals surface area contributed by atoms with Crippen molar-refractivity contribution in [2.24, 2.45) is 7.05 Å². The number of amides is 1. The molecule has 5 rings (SSSR count). The number of carbonyl (C=O) groups is 1. The van der Waals surface area contributed by atoms with Crippen LogP contribution < -0.4 is 0 Å². The summed E-state index contributed by atoms with van der Waals surface area (Å²) in [6, 6.07) is 10.0. The third-order valence-corrected chi connectivity index (χ3v) is 5.24. The molecule has 7 nitrogen and oxygen atoms in total. The van der Waals surface area contributed by atoms with Gasteiger partial charge in [-0.1, -0.05) is 18.2 Å². The van der Waals surface area contributed by atoms with E-state index in [0.717, 1.165) is 17.1 Å². The van der Waals surface area contributed by atoms with E-state index in [0.29, 0.717) is 30.0 Å².